The van der Waals surface area contributed by atoms with Crippen LogP contribution in [0.1, 0.15) is 169 Å². The van der Waals surface area contributed by atoms with Gasteiger partial charge in [0.2, 0.25) is 65.0 Å². The standard InChI is InChI=1S/C63H115N11O13/c1-26-28-29-40(13)52(76)51-56(80)66-43(27-2)58(82)68(18)34-48(75)69(19)47(33-63(16,17)87-25)55(79)67-49(38(9)10)61(85)70(20)44(30-35(3)4)54(78)64-41(14)53(77)65-42(15)57(81)71(21)45(31-36(5)6)59(83)72(22)46(32-37(7)8)60(84)73(23)50(39(11)12)62(86)74(51)24/h35-47,49-52,76H,26-34H2,1-25H3,(H,64,78)(H,65,77)(H,66,80)(H,67,79)/t40-,41+,42-,43+,44+,45+,46+,47+,49+,50+,51+,52-/m1/s1. The Morgan fingerprint density at radius 1 is 0.506 bits per heavy atom. The molecule has 12 atom stereocenters. The van der Waals surface area contributed by atoms with Crippen LogP contribution in [0.15, 0.2) is 0 Å². The van der Waals surface area contributed by atoms with Crippen molar-refractivity contribution in [3.05, 3.63) is 0 Å². The molecule has 5 N–H and O–H groups in total. The van der Waals surface area contributed by atoms with E-state index in [1.165, 1.54) is 89.9 Å². The zero-order valence-corrected chi connectivity index (χ0v) is 57.7. The van der Waals surface area contributed by atoms with E-state index in [1.54, 1.807) is 55.4 Å². The molecule has 24 heteroatoms. The zero-order valence-electron chi connectivity index (χ0n) is 57.7. The third-order valence-corrected chi connectivity index (χ3v) is 16.9. The number of nitrogens with one attached hydrogen (secondary N) is 4. The van der Waals surface area contributed by atoms with Crippen LogP contribution in [0, 0.1) is 35.5 Å². The number of hydrogen-bond donors (Lipinski definition) is 5. The minimum Gasteiger partial charge on any atom is -0.390 e. The SMILES string of the molecule is CCCC[C@@H](C)[C@@H](O)[C@H]1C(=O)N[C@@H](CC)C(=O)N(C)CC(=O)N(C)[C@@H](CC(C)(C)OC)C(=O)N[C@@H](C(C)C)C(=O)N(C)[C@@H](CC(C)C)C(=O)N[C@@H](C)C(=O)N[C@H](C)C(=O)N(C)[C@@H](CC(C)C)C(=O)N(C)[C@@H](CC(C)C)C(=O)N(C)[C@@H](C(C)C)C(=O)N1C. The number of ether oxygens (including phenoxy) is 1. The van der Waals surface area contributed by atoms with Crippen LogP contribution in [0.4, 0.5) is 0 Å². The number of carbonyl (C=O) groups is 11. The van der Waals surface area contributed by atoms with Crippen molar-refractivity contribution in [2.24, 2.45) is 35.5 Å². The number of unbranched alkanes of at least 4 members (excludes halogenated alkanes) is 1. The molecule has 0 aromatic heterocycles. The third kappa shape index (κ3) is 22.3. The van der Waals surface area contributed by atoms with Crippen molar-refractivity contribution in [1.29, 1.82) is 0 Å². The van der Waals surface area contributed by atoms with Gasteiger partial charge < -0.3 is 65.4 Å². The summed E-state index contributed by atoms with van der Waals surface area (Å²) in [5.41, 5.74) is -1.00. The third-order valence-electron chi connectivity index (χ3n) is 16.9. The van der Waals surface area contributed by atoms with Crippen molar-refractivity contribution in [3.8, 4) is 0 Å². The van der Waals surface area contributed by atoms with E-state index >= 15 is 9.59 Å². The molecule has 500 valence electrons. The van der Waals surface area contributed by atoms with Crippen LogP contribution in [-0.4, -0.2) is 239 Å². The number of aliphatic hydroxyl groups excluding tert-OH is 1. The summed E-state index contributed by atoms with van der Waals surface area (Å²) in [5, 5.41) is 23.1. The Kier molecular flexibility index (Phi) is 32.1. The Morgan fingerprint density at radius 3 is 1.41 bits per heavy atom. The number of nitrogens with zero attached hydrogens (tertiary/aromatic N) is 7. The lowest BCUT2D eigenvalue weighted by Gasteiger charge is -2.41. The molecule has 1 aliphatic heterocycles. The number of rotatable bonds is 17. The largest absolute Gasteiger partial charge is 0.390 e. The van der Waals surface area contributed by atoms with Crippen molar-refractivity contribution in [2.45, 2.75) is 241 Å². The normalized spacial score (nSPS) is 26.6. The number of carbonyl (C=O) groups excluding carboxylic acids is 11. The lowest BCUT2D eigenvalue weighted by molar-refractivity contribution is -0.157. The molecule has 0 unspecified atom stereocenters. The van der Waals surface area contributed by atoms with Crippen LogP contribution >= 0.6 is 0 Å². The fraction of sp³-hybridized carbons (Fsp3) is 0.825. The summed E-state index contributed by atoms with van der Waals surface area (Å²) in [6, 6.07) is -12.6. The van der Waals surface area contributed by atoms with E-state index in [0.29, 0.717) is 12.8 Å². The molecule has 0 aromatic carbocycles. The van der Waals surface area contributed by atoms with Crippen LogP contribution < -0.4 is 21.3 Å². The molecule has 0 saturated carbocycles. The van der Waals surface area contributed by atoms with Gasteiger partial charge in [-0.25, -0.2) is 0 Å². The first-order valence-corrected chi connectivity index (χ1v) is 31.4. The van der Waals surface area contributed by atoms with Gasteiger partial charge in [-0.3, -0.25) is 52.7 Å². The average Bonchev–Trinajstić information content (AvgIpc) is 1.91. The molecule has 1 fully saturated rings. The van der Waals surface area contributed by atoms with E-state index in [-0.39, 0.29) is 49.9 Å². The van der Waals surface area contributed by atoms with E-state index in [0.717, 1.165) is 21.1 Å². The van der Waals surface area contributed by atoms with Crippen molar-refractivity contribution in [2.75, 3.05) is 63.0 Å². The van der Waals surface area contributed by atoms with Gasteiger partial charge in [0.25, 0.3) is 0 Å². The summed E-state index contributed by atoms with van der Waals surface area (Å²) in [6.07, 6.45) is 0.875. The van der Waals surface area contributed by atoms with Crippen LogP contribution in [0.5, 0.6) is 0 Å². The summed E-state index contributed by atoms with van der Waals surface area (Å²) in [7, 11) is 11.3. The molecule has 0 aliphatic carbocycles. The number of likely N-dealkylation sites (N-methyl/N-ethyl adjacent to an activating group) is 7. The maximum absolute atomic E-state index is 15.2. The van der Waals surface area contributed by atoms with Crippen LogP contribution in [-0.2, 0) is 57.5 Å². The maximum atomic E-state index is 15.2. The number of hydrogen-bond acceptors (Lipinski definition) is 13. The highest BCUT2D eigenvalue weighted by Gasteiger charge is 2.46. The first kappa shape index (κ1) is 79.1. The number of methoxy groups -OCH3 is 1. The van der Waals surface area contributed by atoms with E-state index in [9.17, 15) is 48.3 Å². The second kappa shape index (κ2) is 35.3. The molecule has 87 heavy (non-hydrogen) atoms. The van der Waals surface area contributed by atoms with Crippen LogP contribution in [0.25, 0.3) is 0 Å². The molecule has 0 radical (unpaired) electrons. The van der Waals surface area contributed by atoms with Crippen LogP contribution in [0.2, 0.25) is 0 Å². The molecule has 1 rings (SSSR count). The zero-order chi connectivity index (χ0) is 67.6. The number of amides is 11. The smallest absolute Gasteiger partial charge is 0.246 e. The fourth-order valence-electron chi connectivity index (χ4n) is 11.0. The van der Waals surface area contributed by atoms with Gasteiger partial charge in [-0.2, -0.15) is 0 Å². The monoisotopic (exact) mass is 1230 g/mol. The molecular formula is C63H115N11O13. The lowest BCUT2D eigenvalue weighted by atomic mass is 9.90. The van der Waals surface area contributed by atoms with Gasteiger partial charge in [0, 0.05) is 62.9 Å². The molecule has 0 bridgehead atoms. The highest BCUT2D eigenvalue weighted by atomic mass is 16.5. The Hall–Kier alpha value is -5.91. The first-order valence-electron chi connectivity index (χ1n) is 31.4. The predicted molar refractivity (Wildman–Crippen MR) is 335 cm³/mol. The van der Waals surface area contributed by atoms with Crippen molar-refractivity contribution in [3.63, 3.8) is 0 Å². The molecule has 1 saturated heterocycles. The highest BCUT2D eigenvalue weighted by Crippen LogP contribution is 2.26. The molecule has 1 heterocycles. The Bertz CT molecular complexity index is 2350. The van der Waals surface area contributed by atoms with Gasteiger partial charge in [0.1, 0.15) is 60.4 Å². The van der Waals surface area contributed by atoms with Gasteiger partial charge in [0.05, 0.1) is 18.2 Å². The highest BCUT2D eigenvalue weighted by molar-refractivity contribution is 5.99. The summed E-state index contributed by atoms with van der Waals surface area (Å²) >= 11 is 0. The lowest BCUT2D eigenvalue weighted by Crippen LogP contribution is -2.63. The maximum Gasteiger partial charge on any atom is 0.246 e. The van der Waals surface area contributed by atoms with E-state index in [2.05, 4.69) is 21.3 Å². The van der Waals surface area contributed by atoms with E-state index in [4.69, 9.17) is 4.74 Å². The topological polar surface area (TPSA) is 288 Å². The van der Waals surface area contributed by atoms with E-state index < -0.39 is 161 Å². The first-order chi connectivity index (χ1) is 40.1. The van der Waals surface area contributed by atoms with Gasteiger partial charge in [-0.15, -0.1) is 0 Å². The number of aliphatic hydroxyl groups is 1. The van der Waals surface area contributed by atoms with Crippen molar-refractivity contribution >= 4 is 65.0 Å². The second-order valence-corrected chi connectivity index (χ2v) is 27.0. The fourth-order valence-corrected chi connectivity index (χ4v) is 11.0. The summed E-state index contributed by atoms with van der Waals surface area (Å²) in [4.78, 5) is 169. The van der Waals surface area contributed by atoms with Gasteiger partial charge >= 0.3 is 0 Å². The van der Waals surface area contributed by atoms with Crippen LogP contribution in [0.3, 0.4) is 0 Å². The molecule has 0 spiro atoms. The molecule has 11 amide bonds. The Morgan fingerprint density at radius 2 is 0.954 bits per heavy atom. The van der Waals surface area contributed by atoms with Gasteiger partial charge in [-0.1, -0.05) is 103 Å². The minimum atomic E-state index is -1.59. The predicted octanol–water partition coefficient (Wildman–Crippen LogP) is 3.26. The quantitative estimate of drug-likeness (QED) is 0.140. The summed E-state index contributed by atoms with van der Waals surface area (Å²) in [6.45, 7) is 29.2. The Balaban J connectivity index is 4.37. The summed E-state index contributed by atoms with van der Waals surface area (Å²) < 4.78 is 5.71. The van der Waals surface area contributed by atoms with Crippen molar-refractivity contribution < 1.29 is 62.6 Å². The minimum absolute atomic E-state index is 0.0149. The molecule has 1 aliphatic rings. The second-order valence-electron chi connectivity index (χ2n) is 27.0. The van der Waals surface area contributed by atoms with E-state index in [1.807, 2.05) is 48.5 Å². The van der Waals surface area contributed by atoms with Gasteiger partial charge in [-0.05, 0) is 95.3 Å². The molecular weight excluding hydrogens is 1120 g/mol. The molecule has 0 aromatic rings. The summed E-state index contributed by atoms with van der Waals surface area (Å²) in [5.74, 6) is -9.72. The Labute approximate surface area is 521 Å². The molecule has 24 nitrogen and oxygen atoms in total. The van der Waals surface area contributed by atoms with Crippen molar-refractivity contribution in [1.82, 2.24) is 55.6 Å². The van der Waals surface area contributed by atoms with Gasteiger partial charge in [0.15, 0.2) is 0 Å². The average molecular weight is 1230 g/mol.